The summed E-state index contributed by atoms with van der Waals surface area (Å²) in [6, 6.07) is 6.67. The average molecular weight is 469 g/mol. The van der Waals surface area contributed by atoms with Crippen molar-refractivity contribution in [2.75, 3.05) is 17.2 Å². The van der Waals surface area contributed by atoms with E-state index in [-0.39, 0.29) is 31.0 Å². The molecule has 0 aromatic heterocycles. The lowest BCUT2D eigenvalue weighted by molar-refractivity contribution is -0.142. The van der Waals surface area contributed by atoms with Gasteiger partial charge in [0.2, 0.25) is 5.91 Å². The van der Waals surface area contributed by atoms with Gasteiger partial charge in [-0.15, -0.1) is 0 Å². The number of carbonyl (C=O) groups excluding carboxylic acids is 1. The van der Waals surface area contributed by atoms with Gasteiger partial charge in [0.05, 0.1) is 17.3 Å². The van der Waals surface area contributed by atoms with Crippen LogP contribution >= 0.6 is 0 Å². The van der Waals surface area contributed by atoms with Crippen molar-refractivity contribution >= 4 is 27.4 Å². The zero-order chi connectivity index (χ0) is 24.3. The van der Waals surface area contributed by atoms with E-state index >= 15 is 0 Å². The number of sulfone groups is 1. The number of aliphatic hydroxyl groups is 1. The molecule has 8 nitrogen and oxygen atoms in total. The predicted molar refractivity (Wildman–Crippen MR) is 124 cm³/mol. The highest BCUT2D eigenvalue weighted by molar-refractivity contribution is 7.92. The Morgan fingerprint density at radius 1 is 1.28 bits per heavy atom. The van der Waals surface area contributed by atoms with E-state index in [9.17, 15) is 23.1 Å². The fourth-order valence-electron chi connectivity index (χ4n) is 4.26. The van der Waals surface area contributed by atoms with Crippen LogP contribution in [0.25, 0.3) is 0 Å². The van der Waals surface area contributed by atoms with E-state index in [0.29, 0.717) is 12.8 Å². The van der Waals surface area contributed by atoms with Crippen molar-refractivity contribution in [1.29, 1.82) is 0 Å². The monoisotopic (exact) mass is 468 g/mol. The third kappa shape index (κ3) is 6.52. The Kier molecular flexibility index (Phi) is 8.47. The molecule has 1 amide bonds. The van der Waals surface area contributed by atoms with E-state index in [1.807, 2.05) is 38.1 Å². The predicted octanol–water partition coefficient (Wildman–Crippen LogP) is 1.98. The SMILES string of the molecule is CCS(=O)(=O)[C@@H]1Cc2ccccc2N(C(=O)CC(C)(C)C[C@H](N)[C@@H](O)C[C@@H](C)C(=O)O)C1. The lowest BCUT2D eigenvalue weighted by atomic mass is 9.80. The summed E-state index contributed by atoms with van der Waals surface area (Å²) in [5.41, 5.74) is 7.13. The Hall–Kier alpha value is -1.97. The van der Waals surface area contributed by atoms with Crippen LogP contribution in [0.2, 0.25) is 0 Å². The molecular weight excluding hydrogens is 432 g/mol. The maximum absolute atomic E-state index is 13.3. The van der Waals surface area contributed by atoms with Crippen LogP contribution in [0, 0.1) is 11.3 Å². The molecule has 0 aliphatic carbocycles. The number of carboxylic acid groups (broad SMARTS) is 1. The molecule has 0 bridgehead atoms. The quantitative estimate of drug-likeness (QED) is 0.477. The molecule has 1 aliphatic rings. The molecule has 0 radical (unpaired) electrons. The van der Waals surface area contributed by atoms with Gasteiger partial charge in [-0.3, -0.25) is 9.59 Å². The van der Waals surface area contributed by atoms with E-state index in [1.165, 1.54) is 6.92 Å². The largest absolute Gasteiger partial charge is 0.481 e. The molecule has 2 rings (SSSR count). The van der Waals surface area contributed by atoms with E-state index in [2.05, 4.69) is 0 Å². The number of hydrogen-bond donors (Lipinski definition) is 3. The van der Waals surface area contributed by atoms with Gasteiger partial charge in [-0.2, -0.15) is 0 Å². The minimum Gasteiger partial charge on any atom is -0.481 e. The molecule has 0 saturated carbocycles. The summed E-state index contributed by atoms with van der Waals surface area (Å²) in [4.78, 5) is 25.9. The van der Waals surface area contributed by atoms with Crippen LogP contribution in [-0.2, 0) is 25.8 Å². The number of nitrogens with two attached hydrogens (primary N) is 1. The molecule has 0 spiro atoms. The van der Waals surface area contributed by atoms with E-state index in [4.69, 9.17) is 10.8 Å². The number of carbonyl (C=O) groups is 2. The number of anilines is 1. The Morgan fingerprint density at radius 2 is 1.91 bits per heavy atom. The zero-order valence-electron chi connectivity index (χ0n) is 19.3. The number of amides is 1. The normalized spacial score (nSPS) is 19.7. The Morgan fingerprint density at radius 3 is 2.50 bits per heavy atom. The molecule has 1 heterocycles. The number of carboxylic acids is 1. The summed E-state index contributed by atoms with van der Waals surface area (Å²) >= 11 is 0. The number of aliphatic hydroxyl groups excluding tert-OH is 1. The van der Waals surface area contributed by atoms with Gasteiger partial charge in [0.25, 0.3) is 0 Å². The van der Waals surface area contributed by atoms with Crippen molar-refractivity contribution in [1.82, 2.24) is 0 Å². The Bertz CT molecular complexity index is 930. The second-order valence-electron chi connectivity index (χ2n) is 9.66. The van der Waals surface area contributed by atoms with E-state index in [1.54, 1.807) is 11.8 Å². The van der Waals surface area contributed by atoms with Crippen molar-refractivity contribution in [2.24, 2.45) is 17.1 Å². The highest BCUT2D eigenvalue weighted by atomic mass is 32.2. The number of rotatable bonds is 10. The molecular formula is C23H36N2O6S. The number of fused-ring (bicyclic) bond motifs is 1. The third-order valence-corrected chi connectivity index (χ3v) is 8.39. The van der Waals surface area contributed by atoms with Crippen molar-refractivity contribution in [3.63, 3.8) is 0 Å². The fourth-order valence-corrected chi connectivity index (χ4v) is 5.54. The summed E-state index contributed by atoms with van der Waals surface area (Å²) < 4.78 is 25.1. The second-order valence-corrected chi connectivity index (χ2v) is 12.2. The third-order valence-electron chi connectivity index (χ3n) is 6.26. The fraction of sp³-hybridized carbons (Fsp3) is 0.652. The average Bonchev–Trinajstić information content (AvgIpc) is 2.71. The molecule has 180 valence electrons. The molecule has 9 heteroatoms. The zero-order valence-corrected chi connectivity index (χ0v) is 20.1. The first-order chi connectivity index (χ1) is 14.8. The lowest BCUT2D eigenvalue weighted by Gasteiger charge is -2.37. The van der Waals surface area contributed by atoms with Crippen LogP contribution in [0.1, 0.15) is 52.5 Å². The Labute approximate surface area is 190 Å². The van der Waals surface area contributed by atoms with E-state index in [0.717, 1.165) is 11.3 Å². The van der Waals surface area contributed by atoms with Crippen LogP contribution in [0.15, 0.2) is 24.3 Å². The summed E-state index contributed by atoms with van der Waals surface area (Å²) in [6.45, 7) is 6.99. The topological polar surface area (TPSA) is 138 Å². The molecule has 4 atom stereocenters. The highest BCUT2D eigenvalue weighted by Crippen LogP contribution is 2.34. The first-order valence-corrected chi connectivity index (χ1v) is 12.7. The number of aliphatic carboxylic acids is 1. The minimum atomic E-state index is -3.32. The van der Waals surface area contributed by atoms with Crippen molar-refractivity contribution in [3.8, 4) is 0 Å². The molecule has 1 aliphatic heterocycles. The van der Waals surface area contributed by atoms with Crippen LogP contribution in [0.5, 0.6) is 0 Å². The standard InChI is InChI=1S/C23H36N2O6S/c1-5-32(30,31)17-11-16-8-6-7-9-19(16)25(14-17)21(27)13-23(3,4)12-18(24)20(26)10-15(2)22(28)29/h6-9,15,17-18,20,26H,5,10-14,24H2,1-4H3,(H,28,29)/t15-,17-,18+,20+/m1/s1. The van der Waals surface area contributed by atoms with Crippen LogP contribution in [0.4, 0.5) is 5.69 Å². The molecule has 4 N–H and O–H groups in total. The summed E-state index contributed by atoms with van der Waals surface area (Å²) in [5, 5.41) is 18.7. The van der Waals surface area contributed by atoms with Gasteiger partial charge in [0, 0.05) is 30.4 Å². The first-order valence-electron chi connectivity index (χ1n) is 11.0. The van der Waals surface area contributed by atoms with Crippen LogP contribution < -0.4 is 10.6 Å². The van der Waals surface area contributed by atoms with Gasteiger partial charge in [0.15, 0.2) is 9.84 Å². The number of benzene rings is 1. The van der Waals surface area contributed by atoms with Gasteiger partial charge in [-0.1, -0.05) is 45.9 Å². The molecule has 0 saturated heterocycles. The number of nitrogens with zero attached hydrogens (tertiary/aromatic N) is 1. The molecule has 0 unspecified atom stereocenters. The second kappa shape index (κ2) is 10.3. The number of hydrogen-bond acceptors (Lipinski definition) is 6. The van der Waals surface area contributed by atoms with Gasteiger partial charge in [0.1, 0.15) is 0 Å². The highest BCUT2D eigenvalue weighted by Gasteiger charge is 2.37. The molecule has 1 aromatic rings. The minimum absolute atomic E-state index is 0.0227. The molecule has 1 aromatic carbocycles. The number of para-hydroxylation sites is 1. The maximum atomic E-state index is 13.3. The van der Waals surface area contributed by atoms with Gasteiger partial charge in [-0.25, -0.2) is 8.42 Å². The van der Waals surface area contributed by atoms with Gasteiger partial charge in [-0.05, 0) is 36.3 Å². The molecule has 0 fully saturated rings. The molecule has 32 heavy (non-hydrogen) atoms. The van der Waals surface area contributed by atoms with Gasteiger partial charge >= 0.3 is 5.97 Å². The van der Waals surface area contributed by atoms with Gasteiger partial charge < -0.3 is 20.8 Å². The smallest absolute Gasteiger partial charge is 0.306 e. The van der Waals surface area contributed by atoms with Crippen LogP contribution in [0.3, 0.4) is 0 Å². The summed E-state index contributed by atoms with van der Waals surface area (Å²) in [7, 11) is -3.32. The van der Waals surface area contributed by atoms with Crippen molar-refractivity contribution in [3.05, 3.63) is 29.8 Å². The van der Waals surface area contributed by atoms with Crippen molar-refractivity contribution < 1.29 is 28.2 Å². The summed E-state index contributed by atoms with van der Waals surface area (Å²) in [5.74, 6) is -1.89. The van der Waals surface area contributed by atoms with E-state index < -0.39 is 44.5 Å². The van der Waals surface area contributed by atoms with Crippen LogP contribution in [-0.4, -0.2) is 60.2 Å². The van der Waals surface area contributed by atoms with Crippen molar-refractivity contribution in [2.45, 2.75) is 70.8 Å². The Balaban J connectivity index is 2.14. The lowest BCUT2D eigenvalue weighted by Crippen LogP contribution is -2.47. The first kappa shape index (κ1) is 26.3. The maximum Gasteiger partial charge on any atom is 0.306 e. The summed E-state index contributed by atoms with van der Waals surface area (Å²) in [6.07, 6.45) is -0.132.